The van der Waals surface area contributed by atoms with Crippen molar-refractivity contribution in [2.45, 2.75) is 90.4 Å². The van der Waals surface area contributed by atoms with Gasteiger partial charge < -0.3 is 4.74 Å². The van der Waals surface area contributed by atoms with Gasteiger partial charge in [-0.15, -0.1) is 0 Å². The van der Waals surface area contributed by atoms with Crippen molar-refractivity contribution in [2.24, 2.45) is 5.92 Å². The van der Waals surface area contributed by atoms with Crippen molar-refractivity contribution in [1.29, 1.82) is 0 Å². The number of rotatable bonds is 10. The summed E-state index contributed by atoms with van der Waals surface area (Å²) in [7, 11) is 0. The molecule has 2 aromatic carbocycles. The molecule has 30 heavy (non-hydrogen) atoms. The molecule has 0 aliphatic heterocycles. The van der Waals surface area contributed by atoms with E-state index in [4.69, 9.17) is 4.74 Å². The van der Waals surface area contributed by atoms with Crippen LogP contribution >= 0.6 is 0 Å². The summed E-state index contributed by atoms with van der Waals surface area (Å²) in [5.41, 5.74) is 3.86. The van der Waals surface area contributed by atoms with E-state index in [-0.39, 0.29) is 5.97 Å². The highest BCUT2D eigenvalue weighted by Gasteiger charge is 2.21. The Balaban J connectivity index is 1.49. The highest BCUT2D eigenvalue weighted by molar-refractivity contribution is 5.73. The molecule has 2 heteroatoms. The van der Waals surface area contributed by atoms with E-state index in [1.807, 2.05) is 24.3 Å². The minimum Gasteiger partial charge on any atom is -0.427 e. The van der Waals surface area contributed by atoms with Gasteiger partial charge in [-0.1, -0.05) is 82.3 Å². The van der Waals surface area contributed by atoms with E-state index in [9.17, 15) is 4.79 Å². The van der Waals surface area contributed by atoms with Gasteiger partial charge in [-0.3, -0.25) is 4.79 Å². The van der Waals surface area contributed by atoms with E-state index < -0.39 is 0 Å². The van der Waals surface area contributed by atoms with Crippen LogP contribution < -0.4 is 4.74 Å². The summed E-state index contributed by atoms with van der Waals surface area (Å²) in [4.78, 5) is 12.0. The second kappa shape index (κ2) is 11.9. The summed E-state index contributed by atoms with van der Waals surface area (Å²) in [5, 5.41) is 0. The van der Waals surface area contributed by atoms with Gasteiger partial charge in [0, 0.05) is 6.42 Å². The number of esters is 1. The lowest BCUT2D eigenvalue weighted by atomic mass is 9.77. The van der Waals surface area contributed by atoms with Gasteiger partial charge >= 0.3 is 5.97 Å². The lowest BCUT2D eigenvalue weighted by Gasteiger charge is -2.28. The van der Waals surface area contributed by atoms with Gasteiger partial charge in [0.15, 0.2) is 0 Å². The van der Waals surface area contributed by atoms with E-state index in [2.05, 4.69) is 38.1 Å². The number of unbranched alkanes of at least 4 members (excludes halogenated alkanes) is 4. The quantitative estimate of drug-likeness (QED) is 0.225. The molecule has 0 spiro atoms. The number of carbonyl (C=O) groups is 1. The van der Waals surface area contributed by atoms with E-state index in [1.54, 1.807) is 0 Å². The number of hydrogen-bond donors (Lipinski definition) is 0. The predicted molar refractivity (Wildman–Crippen MR) is 126 cm³/mol. The molecule has 0 atom stereocenters. The van der Waals surface area contributed by atoms with Crippen LogP contribution in [0.3, 0.4) is 0 Å². The molecule has 162 valence electrons. The van der Waals surface area contributed by atoms with Crippen LogP contribution in [0.25, 0.3) is 11.1 Å². The first kappa shape index (κ1) is 22.6. The maximum atomic E-state index is 12.0. The molecule has 0 N–H and O–H groups in total. The minimum absolute atomic E-state index is 0.124. The monoisotopic (exact) mass is 406 g/mol. The van der Waals surface area contributed by atoms with Gasteiger partial charge in [0.1, 0.15) is 5.75 Å². The molecule has 2 nitrogen and oxygen atoms in total. The summed E-state index contributed by atoms with van der Waals surface area (Å²) in [6.07, 6.45) is 13.0. The molecule has 0 aromatic heterocycles. The minimum atomic E-state index is -0.124. The first-order valence-electron chi connectivity index (χ1n) is 12.1. The molecule has 0 saturated heterocycles. The molecule has 0 heterocycles. The zero-order chi connectivity index (χ0) is 21.2. The Morgan fingerprint density at radius 3 is 2.00 bits per heavy atom. The number of ether oxygens (including phenoxy) is 1. The Morgan fingerprint density at radius 1 is 0.800 bits per heavy atom. The third kappa shape index (κ3) is 6.72. The van der Waals surface area contributed by atoms with Crippen LogP contribution in [0.2, 0.25) is 0 Å². The second-order valence-corrected chi connectivity index (χ2v) is 8.91. The Hall–Kier alpha value is -2.09. The SMILES string of the molecule is CCCCCCCC(=O)Oc1ccc(-c2ccc(C3CCC(CC)CC3)cc2)cc1. The van der Waals surface area contributed by atoms with E-state index in [1.165, 1.54) is 62.5 Å². The smallest absolute Gasteiger partial charge is 0.311 e. The molecule has 0 bridgehead atoms. The maximum Gasteiger partial charge on any atom is 0.311 e. The Morgan fingerprint density at radius 2 is 1.40 bits per heavy atom. The van der Waals surface area contributed by atoms with E-state index >= 15 is 0 Å². The van der Waals surface area contributed by atoms with Crippen molar-refractivity contribution < 1.29 is 9.53 Å². The number of carbonyl (C=O) groups excluding carboxylic acids is 1. The summed E-state index contributed by atoms with van der Waals surface area (Å²) in [6.45, 7) is 4.52. The molecule has 1 fully saturated rings. The molecule has 1 aliphatic carbocycles. The lowest BCUT2D eigenvalue weighted by Crippen LogP contribution is -2.12. The number of hydrogen-bond acceptors (Lipinski definition) is 2. The molecule has 0 amide bonds. The van der Waals surface area contributed by atoms with Crippen molar-refractivity contribution in [1.82, 2.24) is 0 Å². The standard InChI is InChI=1S/C28H38O2/c1-3-5-6-7-8-9-28(29)30-27-20-18-26(19-21-27)25-16-14-24(15-17-25)23-12-10-22(4-2)11-13-23/h14-23H,3-13H2,1-2H3. The predicted octanol–water partition coefficient (Wildman–Crippen LogP) is 8.30. The van der Waals surface area contributed by atoms with E-state index in [0.717, 1.165) is 30.2 Å². The highest BCUT2D eigenvalue weighted by Crippen LogP contribution is 2.37. The molecule has 1 saturated carbocycles. The molecular formula is C28H38O2. The third-order valence-electron chi connectivity index (χ3n) is 6.71. The largest absolute Gasteiger partial charge is 0.427 e. The van der Waals surface area contributed by atoms with Gasteiger partial charge in [0.2, 0.25) is 0 Å². The van der Waals surface area contributed by atoms with Gasteiger partial charge in [-0.05, 0) is 72.8 Å². The van der Waals surface area contributed by atoms with Crippen LogP contribution in [0.1, 0.15) is 96.0 Å². The third-order valence-corrected chi connectivity index (χ3v) is 6.71. The Labute approximate surface area is 183 Å². The summed E-state index contributed by atoms with van der Waals surface area (Å²) in [5.74, 6) is 2.18. The molecular weight excluding hydrogens is 368 g/mol. The van der Waals surface area contributed by atoms with Crippen LogP contribution in [0.15, 0.2) is 48.5 Å². The topological polar surface area (TPSA) is 26.3 Å². The van der Waals surface area contributed by atoms with Gasteiger partial charge in [0.25, 0.3) is 0 Å². The molecule has 0 radical (unpaired) electrons. The molecule has 0 unspecified atom stereocenters. The first-order valence-corrected chi connectivity index (χ1v) is 12.1. The van der Waals surface area contributed by atoms with Gasteiger partial charge in [0.05, 0.1) is 0 Å². The van der Waals surface area contributed by atoms with Gasteiger partial charge in [-0.25, -0.2) is 0 Å². The van der Waals surface area contributed by atoms with Crippen LogP contribution in [0, 0.1) is 5.92 Å². The fourth-order valence-electron chi connectivity index (χ4n) is 4.62. The van der Waals surface area contributed by atoms with Crippen LogP contribution in [0.4, 0.5) is 0 Å². The lowest BCUT2D eigenvalue weighted by molar-refractivity contribution is -0.134. The number of benzene rings is 2. The summed E-state index contributed by atoms with van der Waals surface area (Å²) >= 11 is 0. The molecule has 1 aliphatic rings. The molecule has 3 rings (SSSR count). The molecule has 2 aromatic rings. The van der Waals surface area contributed by atoms with Crippen LogP contribution in [-0.4, -0.2) is 5.97 Å². The van der Waals surface area contributed by atoms with Crippen LogP contribution in [-0.2, 0) is 4.79 Å². The Bertz CT molecular complexity index is 752. The fraction of sp³-hybridized carbons (Fsp3) is 0.536. The fourth-order valence-corrected chi connectivity index (χ4v) is 4.62. The van der Waals surface area contributed by atoms with Crippen molar-refractivity contribution in [3.05, 3.63) is 54.1 Å². The van der Waals surface area contributed by atoms with Crippen molar-refractivity contribution in [3.8, 4) is 16.9 Å². The first-order chi connectivity index (χ1) is 14.7. The summed E-state index contributed by atoms with van der Waals surface area (Å²) in [6, 6.07) is 17.0. The van der Waals surface area contributed by atoms with Crippen molar-refractivity contribution in [3.63, 3.8) is 0 Å². The van der Waals surface area contributed by atoms with Crippen molar-refractivity contribution >= 4 is 5.97 Å². The van der Waals surface area contributed by atoms with Crippen LogP contribution in [0.5, 0.6) is 5.75 Å². The zero-order valence-electron chi connectivity index (χ0n) is 18.9. The highest BCUT2D eigenvalue weighted by atomic mass is 16.5. The maximum absolute atomic E-state index is 12.0. The zero-order valence-corrected chi connectivity index (χ0v) is 18.9. The Kier molecular flexibility index (Phi) is 8.99. The van der Waals surface area contributed by atoms with E-state index in [0.29, 0.717) is 12.2 Å². The van der Waals surface area contributed by atoms with Gasteiger partial charge in [-0.2, -0.15) is 0 Å². The average molecular weight is 407 g/mol. The van der Waals surface area contributed by atoms with Crippen molar-refractivity contribution in [2.75, 3.05) is 0 Å². The second-order valence-electron chi connectivity index (χ2n) is 8.91. The summed E-state index contributed by atoms with van der Waals surface area (Å²) < 4.78 is 5.49. The normalized spacial score (nSPS) is 18.9. The average Bonchev–Trinajstić information content (AvgIpc) is 2.80.